The summed E-state index contributed by atoms with van der Waals surface area (Å²) in [6.07, 6.45) is 1.43. The number of hydrogen-bond donors (Lipinski definition) is 3. The average molecular weight is 434 g/mol. The van der Waals surface area contributed by atoms with Crippen LogP contribution in [0.1, 0.15) is 6.99 Å². The fraction of sp³-hybridized carbons (Fsp3) is 0.286. The van der Waals surface area contributed by atoms with Crippen molar-refractivity contribution in [3.8, 4) is 11.3 Å². The lowest BCUT2D eigenvalue weighted by atomic mass is 10.1. The van der Waals surface area contributed by atoms with E-state index in [1.54, 1.807) is 23.5 Å². The maximum absolute atomic E-state index is 9.71. The van der Waals surface area contributed by atoms with Gasteiger partial charge in [0.15, 0.2) is 5.13 Å². The lowest BCUT2D eigenvalue weighted by Gasteiger charge is -2.26. The number of nitrogens with one attached hydrogen (secondary N) is 1. The van der Waals surface area contributed by atoms with Crippen molar-refractivity contribution in [1.82, 2.24) is 9.88 Å². The molecule has 156 valence electrons. The second-order valence-electron chi connectivity index (χ2n) is 7.11. The van der Waals surface area contributed by atoms with E-state index in [0.717, 1.165) is 54.9 Å². The summed E-state index contributed by atoms with van der Waals surface area (Å²) >= 11 is 1.54. The summed E-state index contributed by atoms with van der Waals surface area (Å²) in [5.41, 5.74) is 4.19. The highest BCUT2D eigenvalue weighted by Gasteiger charge is 2.12. The molecule has 3 N–H and O–H groups in total. The summed E-state index contributed by atoms with van der Waals surface area (Å²) in [5, 5.41) is 6.11. The van der Waals surface area contributed by atoms with E-state index >= 15 is 0 Å². The number of anilines is 2. The predicted octanol–water partition coefficient (Wildman–Crippen LogP) is 5.37. The maximum atomic E-state index is 9.71. The van der Waals surface area contributed by atoms with Gasteiger partial charge in [-0.05, 0) is 29.8 Å². The summed E-state index contributed by atoms with van der Waals surface area (Å²) in [5.74, 6) is 0. The predicted molar refractivity (Wildman–Crippen MR) is 123 cm³/mol. The molecular formula is C21H27N3O3S2. The van der Waals surface area contributed by atoms with Crippen molar-refractivity contribution in [3.63, 3.8) is 0 Å². The number of ether oxygens (including phenoxy) is 1. The quantitative estimate of drug-likeness (QED) is 0.485. The Morgan fingerprint density at radius 1 is 1.10 bits per heavy atom. The summed E-state index contributed by atoms with van der Waals surface area (Å²) < 4.78 is 24.8. The second-order valence-corrected chi connectivity index (χ2v) is 10.1. The summed E-state index contributed by atoms with van der Waals surface area (Å²) in [7, 11) is -2.69. The van der Waals surface area contributed by atoms with Gasteiger partial charge in [0.25, 0.3) is 0 Å². The zero-order chi connectivity index (χ0) is 20.3. The molecule has 0 aliphatic carbocycles. The molecule has 0 saturated carbocycles. The standard InChI is InChI=1S/C21H25N3O3S2.H2/c1-29(25,26)19-8-6-18(7-9-19)22-21-23-20(15-28-21)17-4-2-16(3-5-17)14-24-10-12-27-13-11-24;/h2-9,15,25-26H,10-14H2,1H3,(H,22,23);1H. The van der Waals surface area contributed by atoms with E-state index in [2.05, 4.69) is 39.5 Å². The smallest absolute Gasteiger partial charge is 0.187 e. The third kappa shape index (κ3) is 5.36. The minimum absolute atomic E-state index is 0. The number of benzene rings is 2. The van der Waals surface area contributed by atoms with Crippen LogP contribution < -0.4 is 5.32 Å². The molecule has 0 spiro atoms. The van der Waals surface area contributed by atoms with Crippen molar-refractivity contribution < 1.29 is 15.3 Å². The highest BCUT2D eigenvalue weighted by atomic mass is 32.3. The Morgan fingerprint density at radius 3 is 2.45 bits per heavy atom. The van der Waals surface area contributed by atoms with Crippen LogP contribution in [0.25, 0.3) is 11.3 Å². The van der Waals surface area contributed by atoms with Crippen LogP contribution in [0.5, 0.6) is 0 Å². The van der Waals surface area contributed by atoms with Crippen LogP contribution in [-0.4, -0.2) is 51.5 Å². The molecule has 1 aromatic heterocycles. The molecule has 4 rings (SSSR count). The van der Waals surface area contributed by atoms with Gasteiger partial charge in [0.2, 0.25) is 0 Å². The molecule has 2 heterocycles. The van der Waals surface area contributed by atoms with E-state index < -0.39 is 10.6 Å². The molecule has 1 saturated heterocycles. The Morgan fingerprint density at radius 2 is 1.79 bits per heavy atom. The van der Waals surface area contributed by atoms with E-state index in [1.807, 2.05) is 17.5 Å². The van der Waals surface area contributed by atoms with Crippen LogP contribution in [0.15, 0.2) is 58.8 Å². The summed E-state index contributed by atoms with van der Waals surface area (Å²) in [6, 6.07) is 15.7. The first-order valence-corrected chi connectivity index (χ1v) is 12.3. The number of nitrogens with zero attached hydrogens (tertiary/aromatic N) is 2. The summed E-state index contributed by atoms with van der Waals surface area (Å²) in [6.45, 7) is 4.56. The Bertz CT molecular complexity index is 937. The maximum Gasteiger partial charge on any atom is 0.187 e. The second kappa shape index (κ2) is 8.83. The van der Waals surface area contributed by atoms with Crippen molar-refractivity contribution >= 4 is 32.7 Å². The Balaban J connectivity index is 0.00000256. The van der Waals surface area contributed by atoms with Gasteiger partial charge >= 0.3 is 0 Å². The molecule has 3 aromatic rings. The van der Waals surface area contributed by atoms with Gasteiger partial charge in [-0.3, -0.25) is 14.0 Å². The highest BCUT2D eigenvalue weighted by Crippen LogP contribution is 2.44. The van der Waals surface area contributed by atoms with Gasteiger partial charge in [-0.25, -0.2) is 4.98 Å². The third-order valence-corrected chi connectivity index (χ3v) is 6.74. The molecule has 0 bridgehead atoms. The fourth-order valence-corrected chi connectivity index (χ4v) is 4.57. The van der Waals surface area contributed by atoms with Crippen molar-refractivity contribution in [1.29, 1.82) is 0 Å². The zero-order valence-electron chi connectivity index (χ0n) is 16.2. The van der Waals surface area contributed by atoms with E-state index in [1.165, 1.54) is 11.8 Å². The van der Waals surface area contributed by atoms with Crippen LogP contribution in [0.3, 0.4) is 0 Å². The van der Waals surface area contributed by atoms with E-state index in [-0.39, 0.29) is 1.43 Å². The minimum Gasteiger partial charge on any atom is -0.379 e. The van der Waals surface area contributed by atoms with Crippen molar-refractivity contribution in [2.75, 3.05) is 37.9 Å². The van der Waals surface area contributed by atoms with Gasteiger partial charge in [0.05, 0.1) is 23.8 Å². The Hall–Kier alpha value is -1.94. The lowest BCUT2D eigenvalue weighted by Crippen LogP contribution is -2.35. The van der Waals surface area contributed by atoms with Crippen molar-refractivity contribution in [2.45, 2.75) is 11.4 Å². The molecule has 1 fully saturated rings. The van der Waals surface area contributed by atoms with Gasteiger partial charge in [-0.2, -0.15) is 10.6 Å². The first-order chi connectivity index (χ1) is 14.0. The largest absolute Gasteiger partial charge is 0.379 e. The number of morpholine rings is 1. The minimum atomic E-state index is -2.69. The van der Waals surface area contributed by atoms with Gasteiger partial charge in [0, 0.05) is 43.9 Å². The van der Waals surface area contributed by atoms with E-state index in [0.29, 0.717) is 4.90 Å². The molecule has 0 amide bonds. The Kier molecular flexibility index (Phi) is 6.19. The fourth-order valence-electron chi connectivity index (χ4n) is 3.18. The number of rotatable bonds is 6. The Labute approximate surface area is 178 Å². The van der Waals surface area contributed by atoms with Gasteiger partial charge in [0.1, 0.15) is 0 Å². The third-order valence-electron chi connectivity index (χ3n) is 4.82. The average Bonchev–Trinajstić information content (AvgIpc) is 3.17. The molecule has 0 radical (unpaired) electrons. The van der Waals surface area contributed by atoms with Crippen LogP contribution in [0.4, 0.5) is 10.8 Å². The number of thiazole rings is 1. The topological polar surface area (TPSA) is 77.8 Å². The molecule has 2 aromatic carbocycles. The van der Waals surface area contributed by atoms with Crippen LogP contribution in [0, 0.1) is 0 Å². The van der Waals surface area contributed by atoms with Crippen LogP contribution in [-0.2, 0) is 11.3 Å². The molecule has 1 aliphatic rings. The van der Waals surface area contributed by atoms with Gasteiger partial charge in [-0.15, -0.1) is 11.3 Å². The van der Waals surface area contributed by atoms with Gasteiger partial charge < -0.3 is 10.1 Å². The SMILES string of the molecule is CS(O)(O)c1ccc(Nc2nc(-c3ccc(CN4CCOCC4)cc3)cs2)cc1.[HH]. The highest BCUT2D eigenvalue weighted by molar-refractivity contribution is 8.23. The zero-order valence-corrected chi connectivity index (χ0v) is 17.9. The molecule has 0 atom stereocenters. The molecule has 1 aliphatic heterocycles. The first kappa shape index (κ1) is 20.3. The molecule has 6 nitrogen and oxygen atoms in total. The lowest BCUT2D eigenvalue weighted by molar-refractivity contribution is 0.0342. The molecular weight excluding hydrogens is 406 g/mol. The van der Waals surface area contributed by atoms with Crippen LogP contribution in [0.2, 0.25) is 0 Å². The first-order valence-electron chi connectivity index (χ1n) is 9.43. The van der Waals surface area contributed by atoms with Crippen molar-refractivity contribution in [3.05, 3.63) is 59.5 Å². The van der Waals surface area contributed by atoms with E-state index in [9.17, 15) is 9.11 Å². The van der Waals surface area contributed by atoms with Crippen molar-refractivity contribution in [2.24, 2.45) is 0 Å². The molecule has 0 unspecified atom stereocenters. The van der Waals surface area contributed by atoms with Crippen LogP contribution >= 0.6 is 21.9 Å². The normalized spacial score (nSPS) is 16.0. The summed E-state index contributed by atoms with van der Waals surface area (Å²) in [4.78, 5) is 7.62. The van der Waals surface area contributed by atoms with E-state index in [4.69, 9.17) is 4.74 Å². The molecule has 8 heteroatoms. The monoisotopic (exact) mass is 433 g/mol. The molecule has 29 heavy (non-hydrogen) atoms. The number of hydrogen-bond acceptors (Lipinski definition) is 7. The number of aromatic nitrogens is 1. The van der Waals surface area contributed by atoms with Gasteiger partial charge in [-0.1, -0.05) is 24.3 Å².